The van der Waals surface area contributed by atoms with E-state index in [0.717, 1.165) is 50.0 Å². The number of carbonyl (C=O) groups excluding carboxylic acids is 2. The van der Waals surface area contributed by atoms with Crippen LogP contribution in [0, 0.1) is 6.92 Å². The van der Waals surface area contributed by atoms with Gasteiger partial charge in [0, 0.05) is 29.9 Å². The molecular formula is C25H33NO3. The summed E-state index contributed by atoms with van der Waals surface area (Å²) in [6.45, 7) is 10.5. The Morgan fingerprint density at radius 2 is 1.55 bits per heavy atom. The third-order valence-corrected chi connectivity index (χ3v) is 5.21. The highest BCUT2D eigenvalue weighted by molar-refractivity contribution is 6.15. The summed E-state index contributed by atoms with van der Waals surface area (Å²) in [5.41, 5.74) is 3.35. The van der Waals surface area contributed by atoms with Gasteiger partial charge in [-0.1, -0.05) is 44.4 Å². The molecule has 29 heavy (non-hydrogen) atoms. The van der Waals surface area contributed by atoms with E-state index < -0.39 is 5.97 Å². The molecule has 0 radical (unpaired) electrons. The number of rotatable bonds is 11. The van der Waals surface area contributed by atoms with Crippen molar-refractivity contribution >= 4 is 17.4 Å². The fourth-order valence-electron chi connectivity index (χ4n) is 3.46. The molecule has 4 heteroatoms. The molecule has 0 bridgehead atoms. The highest BCUT2D eigenvalue weighted by Gasteiger charge is 2.20. The molecule has 2 aromatic carbocycles. The van der Waals surface area contributed by atoms with E-state index in [9.17, 15) is 9.59 Å². The van der Waals surface area contributed by atoms with E-state index in [1.807, 2.05) is 25.1 Å². The van der Waals surface area contributed by atoms with Crippen LogP contribution in [0.4, 0.5) is 5.69 Å². The molecule has 0 saturated heterocycles. The van der Waals surface area contributed by atoms with E-state index in [1.165, 1.54) is 0 Å². The molecule has 0 amide bonds. The van der Waals surface area contributed by atoms with E-state index in [2.05, 4.69) is 25.7 Å². The largest absolute Gasteiger partial charge is 0.462 e. The van der Waals surface area contributed by atoms with Gasteiger partial charge in [0.25, 0.3) is 0 Å². The number of hydrogen-bond donors (Lipinski definition) is 0. The number of unbranched alkanes of at least 4 members (excludes halogenated alkanes) is 3. The molecular weight excluding hydrogens is 362 g/mol. The van der Waals surface area contributed by atoms with Crippen molar-refractivity contribution in [1.82, 2.24) is 0 Å². The topological polar surface area (TPSA) is 46.6 Å². The lowest BCUT2D eigenvalue weighted by Gasteiger charge is -2.22. The Balaban J connectivity index is 2.20. The molecule has 0 aliphatic rings. The van der Waals surface area contributed by atoms with Crippen LogP contribution in [0.25, 0.3) is 0 Å². The van der Waals surface area contributed by atoms with Crippen molar-refractivity contribution in [3.8, 4) is 0 Å². The van der Waals surface area contributed by atoms with Gasteiger partial charge in [-0.25, -0.2) is 4.79 Å². The van der Waals surface area contributed by atoms with Crippen LogP contribution in [-0.4, -0.2) is 31.4 Å². The Labute approximate surface area is 174 Å². The summed E-state index contributed by atoms with van der Waals surface area (Å²) in [7, 11) is 0. The number of benzene rings is 2. The molecule has 0 fully saturated rings. The van der Waals surface area contributed by atoms with Gasteiger partial charge >= 0.3 is 5.97 Å². The predicted molar refractivity (Wildman–Crippen MR) is 119 cm³/mol. The summed E-state index contributed by atoms with van der Waals surface area (Å²) in [6.07, 6.45) is 4.16. The first-order valence-corrected chi connectivity index (χ1v) is 10.7. The SMILES string of the molecule is CCCCCCOC(=O)c1ccccc1C(=O)c1ccc(N(CC)CC)cc1C. The van der Waals surface area contributed by atoms with Gasteiger partial charge in [0.1, 0.15) is 0 Å². The Morgan fingerprint density at radius 3 is 2.17 bits per heavy atom. The molecule has 0 atom stereocenters. The first-order valence-electron chi connectivity index (χ1n) is 10.7. The van der Waals surface area contributed by atoms with Crippen LogP contribution in [0.1, 0.15) is 78.3 Å². The van der Waals surface area contributed by atoms with E-state index in [-0.39, 0.29) is 5.78 Å². The van der Waals surface area contributed by atoms with Gasteiger partial charge in [0.2, 0.25) is 0 Å². The molecule has 0 aromatic heterocycles. The minimum atomic E-state index is -0.428. The average Bonchev–Trinajstić information content (AvgIpc) is 2.74. The zero-order valence-electron chi connectivity index (χ0n) is 18.2. The summed E-state index contributed by atoms with van der Waals surface area (Å²) in [6, 6.07) is 12.8. The van der Waals surface area contributed by atoms with E-state index in [1.54, 1.807) is 24.3 Å². The third kappa shape index (κ3) is 5.93. The number of esters is 1. The third-order valence-electron chi connectivity index (χ3n) is 5.21. The van der Waals surface area contributed by atoms with Crippen molar-refractivity contribution in [3.63, 3.8) is 0 Å². The minimum absolute atomic E-state index is 0.146. The van der Waals surface area contributed by atoms with Crippen molar-refractivity contribution in [1.29, 1.82) is 0 Å². The Kier molecular flexibility index (Phi) is 8.91. The number of ketones is 1. The summed E-state index contributed by atoms with van der Waals surface area (Å²) in [4.78, 5) is 28.0. The zero-order chi connectivity index (χ0) is 21.2. The van der Waals surface area contributed by atoms with Gasteiger partial charge in [-0.15, -0.1) is 0 Å². The van der Waals surface area contributed by atoms with Crippen molar-refractivity contribution < 1.29 is 14.3 Å². The van der Waals surface area contributed by atoms with E-state index in [0.29, 0.717) is 23.3 Å². The maximum atomic E-state index is 13.2. The Morgan fingerprint density at radius 1 is 0.862 bits per heavy atom. The van der Waals surface area contributed by atoms with Gasteiger partial charge in [0.15, 0.2) is 5.78 Å². The standard InChI is InChI=1S/C25H33NO3/c1-5-8-9-12-17-29-25(28)23-14-11-10-13-22(23)24(27)21-16-15-20(18-19(21)4)26(6-2)7-3/h10-11,13-16,18H,5-9,12,17H2,1-4H3. The number of aryl methyl sites for hydroxylation is 1. The smallest absolute Gasteiger partial charge is 0.338 e. The van der Waals surface area contributed by atoms with Gasteiger partial charge in [-0.2, -0.15) is 0 Å². The molecule has 2 aromatic rings. The first kappa shape index (κ1) is 22.7. The highest BCUT2D eigenvalue weighted by Crippen LogP contribution is 2.23. The first-order chi connectivity index (χ1) is 14.0. The molecule has 0 unspecified atom stereocenters. The van der Waals surface area contributed by atoms with E-state index >= 15 is 0 Å². The summed E-state index contributed by atoms with van der Waals surface area (Å²) in [5.74, 6) is -0.574. The second kappa shape index (κ2) is 11.4. The van der Waals surface area contributed by atoms with Gasteiger partial charge in [-0.3, -0.25) is 4.79 Å². The number of nitrogens with zero attached hydrogens (tertiary/aromatic N) is 1. The van der Waals surface area contributed by atoms with Crippen LogP contribution < -0.4 is 4.90 Å². The van der Waals surface area contributed by atoms with Crippen LogP contribution in [-0.2, 0) is 4.74 Å². The van der Waals surface area contributed by atoms with Crippen LogP contribution in [0.5, 0.6) is 0 Å². The number of anilines is 1. The molecule has 156 valence electrons. The minimum Gasteiger partial charge on any atom is -0.462 e. The van der Waals surface area contributed by atoms with Gasteiger partial charge in [0.05, 0.1) is 12.2 Å². The molecule has 0 aliphatic heterocycles. The number of hydrogen-bond acceptors (Lipinski definition) is 4. The van der Waals surface area contributed by atoms with Crippen LogP contribution in [0.2, 0.25) is 0 Å². The van der Waals surface area contributed by atoms with Crippen LogP contribution in [0.3, 0.4) is 0 Å². The van der Waals surface area contributed by atoms with Crippen molar-refractivity contribution in [2.24, 2.45) is 0 Å². The zero-order valence-corrected chi connectivity index (χ0v) is 18.2. The molecule has 0 aliphatic carbocycles. The average molecular weight is 396 g/mol. The second-order valence-corrected chi connectivity index (χ2v) is 7.24. The molecule has 0 spiro atoms. The van der Waals surface area contributed by atoms with Crippen LogP contribution >= 0.6 is 0 Å². The van der Waals surface area contributed by atoms with E-state index in [4.69, 9.17) is 4.74 Å². The molecule has 0 heterocycles. The van der Waals surface area contributed by atoms with Crippen molar-refractivity contribution in [3.05, 3.63) is 64.7 Å². The Bertz CT molecular complexity index is 825. The predicted octanol–water partition coefficient (Wildman–Crippen LogP) is 5.81. The fraction of sp³-hybridized carbons (Fsp3) is 0.440. The molecule has 0 saturated carbocycles. The summed E-state index contributed by atoms with van der Waals surface area (Å²) in [5, 5.41) is 0. The number of ether oxygens (including phenoxy) is 1. The molecule has 4 nitrogen and oxygen atoms in total. The molecule has 0 N–H and O–H groups in total. The lowest BCUT2D eigenvalue weighted by Crippen LogP contribution is -2.22. The lowest BCUT2D eigenvalue weighted by atomic mass is 9.95. The maximum Gasteiger partial charge on any atom is 0.338 e. The van der Waals surface area contributed by atoms with Gasteiger partial charge < -0.3 is 9.64 Å². The van der Waals surface area contributed by atoms with Crippen LogP contribution in [0.15, 0.2) is 42.5 Å². The van der Waals surface area contributed by atoms with Crippen molar-refractivity contribution in [2.75, 3.05) is 24.6 Å². The van der Waals surface area contributed by atoms with Crippen molar-refractivity contribution in [2.45, 2.75) is 53.4 Å². The Hall–Kier alpha value is -2.62. The molecule has 2 rings (SSSR count). The monoisotopic (exact) mass is 395 g/mol. The quantitative estimate of drug-likeness (QED) is 0.274. The summed E-state index contributed by atoms with van der Waals surface area (Å²) >= 11 is 0. The summed E-state index contributed by atoms with van der Waals surface area (Å²) < 4.78 is 5.41. The lowest BCUT2D eigenvalue weighted by molar-refractivity contribution is 0.0495. The van der Waals surface area contributed by atoms with Gasteiger partial charge in [-0.05, 0) is 57.0 Å². The number of carbonyl (C=O) groups is 2. The normalized spacial score (nSPS) is 10.6. The highest BCUT2D eigenvalue weighted by atomic mass is 16.5. The second-order valence-electron chi connectivity index (χ2n) is 7.24. The fourth-order valence-corrected chi connectivity index (χ4v) is 3.46. The maximum absolute atomic E-state index is 13.2.